The van der Waals surface area contributed by atoms with Crippen LogP contribution in [0.5, 0.6) is 0 Å². The minimum atomic E-state index is 0.0862. The predicted molar refractivity (Wildman–Crippen MR) is 89.5 cm³/mol. The van der Waals surface area contributed by atoms with Gasteiger partial charge in [0.2, 0.25) is 5.91 Å². The Kier molecular flexibility index (Phi) is 6.48. The molecule has 2 rings (SSSR count). The maximum atomic E-state index is 11.4. The predicted octanol–water partition coefficient (Wildman–Crippen LogP) is 2.40. The van der Waals surface area contributed by atoms with Crippen LogP contribution in [0.15, 0.2) is 22.7 Å². The molecule has 1 heterocycles. The van der Waals surface area contributed by atoms with Gasteiger partial charge in [0.1, 0.15) is 0 Å². The van der Waals surface area contributed by atoms with Gasteiger partial charge in [0.25, 0.3) is 0 Å². The number of nitrogens with zero attached hydrogens (tertiary/aromatic N) is 1. The molecule has 1 aromatic rings. The molecule has 1 saturated heterocycles. The summed E-state index contributed by atoms with van der Waals surface area (Å²) < 4.78 is 0.999. The molecule has 0 saturated carbocycles. The molecular weight excluding hydrogens is 354 g/mol. The lowest BCUT2D eigenvalue weighted by atomic mass is 10.0. The molecule has 1 fully saturated rings. The van der Waals surface area contributed by atoms with Crippen molar-refractivity contribution >= 4 is 33.4 Å². The first-order valence-electron chi connectivity index (χ1n) is 7.18. The number of likely N-dealkylation sites (N-methyl/N-ethyl adjacent to an activating group) is 1. The zero-order chi connectivity index (χ0) is 15.2. The Balaban J connectivity index is 1.75. The SMILES string of the molecule is CNC(=O)CN1CCC(NCc2ccc(Br)cc2Cl)CC1. The quantitative estimate of drug-likeness (QED) is 0.832. The number of hydrogen-bond donors (Lipinski definition) is 2. The summed E-state index contributed by atoms with van der Waals surface area (Å²) in [6.45, 7) is 3.20. The van der Waals surface area contributed by atoms with Crippen LogP contribution in [0.25, 0.3) is 0 Å². The van der Waals surface area contributed by atoms with Crippen LogP contribution >= 0.6 is 27.5 Å². The summed E-state index contributed by atoms with van der Waals surface area (Å²) in [6, 6.07) is 6.46. The van der Waals surface area contributed by atoms with E-state index < -0.39 is 0 Å². The average Bonchev–Trinajstić information content (AvgIpc) is 2.48. The highest BCUT2D eigenvalue weighted by atomic mass is 79.9. The molecule has 4 nitrogen and oxygen atoms in total. The molecule has 1 aliphatic rings. The van der Waals surface area contributed by atoms with Crippen molar-refractivity contribution in [3.05, 3.63) is 33.3 Å². The van der Waals surface area contributed by atoms with E-state index in [-0.39, 0.29) is 5.91 Å². The minimum Gasteiger partial charge on any atom is -0.358 e. The van der Waals surface area contributed by atoms with Crippen LogP contribution in [-0.4, -0.2) is 43.5 Å². The lowest BCUT2D eigenvalue weighted by Gasteiger charge is -2.32. The van der Waals surface area contributed by atoms with Gasteiger partial charge in [0.15, 0.2) is 0 Å². The largest absolute Gasteiger partial charge is 0.358 e. The van der Waals surface area contributed by atoms with Crippen molar-refractivity contribution in [3.63, 3.8) is 0 Å². The molecular formula is C15H21BrClN3O. The van der Waals surface area contributed by atoms with E-state index in [1.807, 2.05) is 18.2 Å². The Morgan fingerprint density at radius 1 is 1.43 bits per heavy atom. The highest BCUT2D eigenvalue weighted by Gasteiger charge is 2.20. The van der Waals surface area contributed by atoms with E-state index in [4.69, 9.17) is 11.6 Å². The van der Waals surface area contributed by atoms with Crippen LogP contribution in [0.4, 0.5) is 0 Å². The number of piperidine rings is 1. The second-order valence-electron chi connectivity index (χ2n) is 5.34. The van der Waals surface area contributed by atoms with Gasteiger partial charge < -0.3 is 10.6 Å². The second-order valence-corrected chi connectivity index (χ2v) is 6.66. The van der Waals surface area contributed by atoms with Crippen LogP contribution in [-0.2, 0) is 11.3 Å². The van der Waals surface area contributed by atoms with Crippen molar-refractivity contribution in [1.82, 2.24) is 15.5 Å². The summed E-state index contributed by atoms with van der Waals surface area (Å²) >= 11 is 9.63. The van der Waals surface area contributed by atoms with Crippen LogP contribution in [0.1, 0.15) is 18.4 Å². The molecule has 21 heavy (non-hydrogen) atoms. The first-order valence-corrected chi connectivity index (χ1v) is 8.36. The fraction of sp³-hybridized carbons (Fsp3) is 0.533. The van der Waals surface area contributed by atoms with E-state index in [0.717, 1.165) is 47.5 Å². The lowest BCUT2D eigenvalue weighted by Crippen LogP contribution is -2.45. The van der Waals surface area contributed by atoms with Gasteiger partial charge in [0.05, 0.1) is 6.54 Å². The molecule has 0 bridgehead atoms. The molecule has 116 valence electrons. The molecule has 0 spiro atoms. The molecule has 1 amide bonds. The van der Waals surface area contributed by atoms with Crippen molar-refractivity contribution in [2.24, 2.45) is 0 Å². The summed E-state index contributed by atoms with van der Waals surface area (Å²) in [6.07, 6.45) is 2.12. The Morgan fingerprint density at radius 3 is 2.76 bits per heavy atom. The van der Waals surface area contributed by atoms with E-state index >= 15 is 0 Å². The van der Waals surface area contributed by atoms with Gasteiger partial charge >= 0.3 is 0 Å². The summed E-state index contributed by atoms with van der Waals surface area (Å²) in [4.78, 5) is 13.5. The highest BCUT2D eigenvalue weighted by molar-refractivity contribution is 9.10. The number of hydrogen-bond acceptors (Lipinski definition) is 3. The lowest BCUT2D eigenvalue weighted by molar-refractivity contribution is -0.122. The maximum Gasteiger partial charge on any atom is 0.233 e. The van der Waals surface area contributed by atoms with Crippen LogP contribution in [0.2, 0.25) is 5.02 Å². The van der Waals surface area contributed by atoms with Gasteiger partial charge in [-0.15, -0.1) is 0 Å². The van der Waals surface area contributed by atoms with E-state index in [2.05, 4.69) is 31.5 Å². The van der Waals surface area contributed by atoms with Gasteiger partial charge in [0, 0.05) is 42.2 Å². The Hall–Kier alpha value is -0.620. The number of carbonyl (C=O) groups is 1. The zero-order valence-electron chi connectivity index (χ0n) is 12.2. The van der Waals surface area contributed by atoms with Crippen molar-refractivity contribution in [3.8, 4) is 0 Å². The van der Waals surface area contributed by atoms with Crippen molar-refractivity contribution in [2.45, 2.75) is 25.4 Å². The maximum absolute atomic E-state index is 11.4. The number of amides is 1. The standard InChI is InChI=1S/C15H21BrClN3O/c1-18-15(21)10-20-6-4-13(5-7-20)19-9-11-2-3-12(16)8-14(11)17/h2-3,8,13,19H,4-7,9-10H2,1H3,(H,18,21). The van der Waals surface area contributed by atoms with Crippen LogP contribution in [0, 0.1) is 0 Å². The molecule has 0 unspecified atom stereocenters. The smallest absolute Gasteiger partial charge is 0.233 e. The molecule has 6 heteroatoms. The fourth-order valence-electron chi connectivity index (χ4n) is 2.50. The molecule has 1 aromatic carbocycles. The van der Waals surface area contributed by atoms with Crippen molar-refractivity contribution < 1.29 is 4.79 Å². The first-order chi connectivity index (χ1) is 10.1. The average molecular weight is 375 g/mol. The van der Waals surface area contributed by atoms with Crippen LogP contribution in [0.3, 0.4) is 0 Å². The molecule has 0 aliphatic carbocycles. The third-order valence-corrected chi connectivity index (χ3v) is 4.68. The summed E-state index contributed by atoms with van der Waals surface area (Å²) in [5.41, 5.74) is 1.12. The van der Waals surface area contributed by atoms with Crippen LogP contribution < -0.4 is 10.6 Å². The van der Waals surface area contributed by atoms with Gasteiger partial charge in [-0.25, -0.2) is 0 Å². The van der Waals surface area contributed by atoms with Gasteiger partial charge in [-0.1, -0.05) is 33.6 Å². The van der Waals surface area contributed by atoms with Gasteiger partial charge in [-0.05, 0) is 30.5 Å². The Morgan fingerprint density at radius 2 is 2.14 bits per heavy atom. The number of carbonyl (C=O) groups excluding carboxylic acids is 1. The minimum absolute atomic E-state index is 0.0862. The van der Waals surface area contributed by atoms with Crippen molar-refractivity contribution in [1.29, 1.82) is 0 Å². The topological polar surface area (TPSA) is 44.4 Å². The number of halogens is 2. The van der Waals surface area contributed by atoms with E-state index in [1.165, 1.54) is 0 Å². The molecule has 1 aliphatic heterocycles. The molecule has 2 N–H and O–H groups in total. The monoisotopic (exact) mass is 373 g/mol. The fourth-order valence-corrected chi connectivity index (χ4v) is 3.24. The summed E-state index contributed by atoms with van der Waals surface area (Å²) in [5.74, 6) is 0.0862. The Labute approximate surface area is 139 Å². The summed E-state index contributed by atoms with van der Waals surface area (Å²) in [5, 5.41) is 7.01. The second kappa shape index (κ2) is 8.13. The number of rotatable bonds is 5. The van der Waals surface area contributed by atoms with Gasteiger partial charge in [-0.2, -0.15) is 0 Å². The normalized spacial score (nSPS) is 16.9. The molecule has 0 aromatic heterocycles. The van der Waals surface area contributed by atoms with Gasteiger partial charge in [-0.3, -0.25) is 9.69 Å². The third-order valence-electron chi connectivity index (χ3n) is 3.83. The highest BCUT2D eigenvalue weighted by Crippen LogP contribution is 2.21. The first kappa shape index (κ1) is 16.7. The summed E-state index contributed by atoms with van der Waals surface area (Å²) in [7, 11) is 1.68. The molecule has 0 atom stereocenters. The Bertz CT molecular complexity index is 490. The zero-order valence-corrected chi connectivity index (χ0v) is 14.5. The van der Waals surface area contributed by atoms with E-state index in [9.17, 15) is 4.79 Å². The van der Waals surface area contributed by atoms with Crippen molar-refractivity contribution in [2.75, 3.05) is 26.7 Å². The van der Waals surface area contributed by atoms with E-state index in [1.54, 1.807) is 7.05 Å². The third kappa shape index (κ3) is 5.25. The number of nitrogens with one attached hydrogen (secondary N) is 2. The number of benzene rings is 1. The number of likely N-dealkylation sites (tertiary alicyclic amines) is 1. The molecule has 0 radical (unpaired) electrons. The van der Waals surface area contributed by atoms with E-state index in [0.29, 0.717) is 12.6 Å².